The maximum absolute atomic E-state index is 10.8. The summed E-state index contributed by atoms with van der Waals surface area (Å²) in [6.07, 6.45) is 10.5. The van der Waals surface area contributed by atoms with E-state index in [1.54, 1.807) is 6.07 Å². The van der Waals surface area contributed by atoms with Crippen molar-refractivity contribution in [3.63, 3.8) is 0 Å². The normalized spacial score (nSPS) is 14.8. The van der Waals surface area contributed by atoms with Gasteiger partial charge < -0.3 is 0 Å². The van der Waals surface area contributed by atoms with Gasteiger partial charge in [-0.3, -0.25) is 14.9 Å². The van der Waals surface area contributed by atoms with Crippen molar-refractivity contribution >= 4 is 11.5 Å². The number of hydrogen-bond acceptors (Lipinski definition) is 3. The molecule has 2 rings (SSSR count). The Kier molecular flexibility index (Phi) is 6.79. The quantitative estimate of drug-likeness (QED) is 0.341. The van der Waals surface area contributed by atoms with E-state index in [0.717, 1.165) is 0 Å². The lowest BCUT2D eigenvalue weighted by molar-refractivity contribution is -0.384. The molecule has 0 N–H and O–H groups in total. The molecule has 1 aliphatic carbocycles. The van der Waals surface area contributed by atoms with Crippen molar-refractivity contribution in [1.29, 1.82) is 0 Å². The minimum absolute atomic E-state index is 0.0531. The van der Waals surface area contributed by atoms with Crippen LogP contribution in [0.5, 0.6) is 0 Å². The predicted octanol–water partition coefficient (Wildman–Crippen LogP) is 4.53. The number of rotatable bonds is 2. The van der Waals surface area contributed by atoms with E-state index in [9.17, 15) is 14.9 Å². The maximum Gasteiger partial charge on any atom is 0.270 e. The summed E-state index contributed by atoms with van der Waals surface area (Å²) in [5.74, 6) is -0.168. The van der Waals surface area contributed by atoms with E-state index in [0.29, 0.717) is 5.56 Å². The molecule has 1 aromatic rings. The van der Waals surface area contributed by atoms with Crippen molar-refractivity contribution in [2.24, 2.45) is 0 Å². The van der Waals surface area contributed by atoms with Gasteiger partial charge >= 0.3 is 0 Å². The first-order valence-electron chi connectivity index (χ1n) is 6.86. The smallest absolute Gasteiger partial charge is 0.270 e. The number of carbonyl (C=O) groups is 1. The summed E-state index contributed by atoms with van der Waals surface area (Å²) in [6.45, 7) is 1.37. The molecule has 1 aliphatic rings. The van der Waals surface area contributed by atoms with Gasteiger partial charge in [0, 0.05) is 17.7 Å². The Labute approximate surface area is 114 Å². The lowest BCUT2D eigenvalue weighted by Gasteiger charge is -1.93. The van der Waals surface area contributed by atoms with Crippen LogP contribution >= 0.6 is 0 Å². The summed E-state index contributed by atoms with van der Waals surface area (Å²) in [6, 6.07) is 5.67. The summed E-state index contributed by atoms with van der Waals surface area (Å²) in [4.78, 5) is 20.5. The molecule has 0 unspecified atom stereocenters. The number of nitro groups is 1. The van der Waals surface area contributed by atoms with Gasteiger partial charge in [-0.2, -0.15) is 0 Å². The second kappa shape index (κ2) is 8.40. The second-order valence-corrected chi connectivity index (χ2v) is 4.84. The Morgan fingerprint density at radius 3 is 1.89 bits per heavy atom. The molecule has 4 nitrogen and oxygen atoms in total. The highest BCUT2D eigenvalue weighted by Gasteiger charge is 2.07. The van der Waals surface area contributed by atoms with Crippen LogP contribution in [0, 0.1) is 10.1 Å². The van der Waals surface area contributed by atoms with Crippen LogP contribution in [0.1, 0.15) is 62.2 Å². The zero-order valence-electron chi connectivity index (χ0n) is 11.4. The number of nitrogens with zero attached hydrogens (tertiary/aromatic N) is 1. The van der Waals surface area contributed by atoms with Crippen LogP contribution in [-0.4, -0.2) is 10.7 Å². The summed E-state index contributed by atoms with van der Waals surface area (Å²) in [7, 11) is 0. The molecule has 1 aromatic carbocycles. The summed E-state index contributed by atoms with van der Waals surface area (Å²) in [5.41, 5.74) is 0.312. The molecular formula is C15H21NO3. The molecule has 0 bridgehead atoms. The van der Waals surface area contributed by atoms with Gasteiger partial charge in [0.1, 0.15) is 0 Å². The fourth-order valence-corrected chi connectivity index (χ4v) is 2.08. The van der Waals surface area contributed by atoms with E-state index < -0.39 is 4.92 Å². The third-order valence-electron chi connectivity index (χ3n) is 3.21. The van der Waals surface area contributed by atoms with E-state index in [4.69, 9.17) is 0 Å². The average molecular weight is 263 g/mol. The fraction of sp³-hybridized carbons (Fsp3) is 0.533. The molecule has 0 atom stereocenters. The number of ketones is 1. The average Bonchev–Trinajstić information content (AvgIpc) is 2.71. The lowest BCUT2D eigenvalue weighted by atomic mass is 10.1. The van der Waals surface area contributed by atoms with Gasteiger partial charge in [-0.25, -0.2) is 0 Å². The van der Waals surface area contributed by atoms with Gasteiger partial charge in [-0.1, -0.05) is 57.1 Å². The second-order valence-electron chi connectivity index (χ2n) is 4.84. The molecule has 104 valence electrons. The summed E-state index contributed by atoms with van der Waals surface area (Å²) >= 11 is 0. The summed E-state index contributed by atoms with van der Waals surface area (Å²) in [5, 5.41) is 10.3. The first kappa shape index (κ1) is 15.3. The highest BCUT2D eigenvalue weighted by Crippen LogP contribution is 2.15. The van der Waals surface area contributed by atoms with Gasteiger partial charge in [0.2, 0.25) is 0 Å². The van der Waals surface area contributed by atoms with Gasteiger partial charge in [-0.15, -0.1) is 0 Å². The molecule has 0 aliphatic heterocycles. The van der Waals surface area contributed by atoms with Crippen molar-refractivity contribution in [3.8, 4) is 0 Å². The first-order valence-corrected chi connectivity index (χ1v) is 6.86. The molecule has 0 amide bonds. The molecule has 19 heavy (non-hydrogen) atoms. The van der Waals surface area contributed by atoms with Gasteiger partial charge in [-0.05, 0) is 6.92 Å². The maximum atomic E-state index is 10.8. The highest BCUT2D eigenvalue weighted by molar-refractivity contribution is 5.94. The Bertz CT molecular complexity index is 380. The van der Waals surface area contributed by atoms with Crippen LogP contribution in [0.15, 0.2) is 24.3 Å². The standard InChI is InChI=1S/C8H7NO3.C7H14/c1-6(10)7-3-2-4-8(5-7)9(11)12;1-2-4-6-7-5-3-1/h2-5H,1H3;1-7H2. The zero-order chi connectivity index (χ0) is 14.1. The van der Waals surface area contributed by atoms with Crippen molar-refractivity contribution in [1.82, 2.24) is 0 Å². The van der Waals surface area contributed by atoms with E-state index in [1.165, 1.54) is 70.1 Å². The number of benzene rings is 1. The fourth-order valence-electron chi connectivity index (χ4n) is 2.08. The molecule has 0 aromatic heterocycles. The minimum Gasteiger partial charge on any atom is -0.295 e. The van der Waals surface area contributed by atoms with E-state index in [2.05, 4.69) is 0 Å². The van der Waals surface area contributed by atoms with Crippen LogP contribution in [0.3, 0.4) is 0 Å². The number of non-ortho nitro benzene ring substituents is 1. The lowest BCUT2D eigenvalue weighted by Crippen LogP contribution is -1.94. The zero-order valence-corrected chi connectivity index (χ0v) is 11.4. The van der Waals surface area contributed by atoms with Crippen LogP contribution in [0.4, 0.5) is 5.69 Å². The number of carbonyl (C=O) groups excluding carboxylic acids is 1. The monoisotopic (exact) mass is 263 g/mol. The van der Waals surface area contributed by atoms with Crippen LogP contribution in [0.25, 0.3) is 0 Å². The highest BCUT2D eigenvalue weighted by atomic mass is 16.6. The van der Waals surface area contributed by atoms with E-state index >= 15 is 0 Å². The SMILES string of the molecule is C1CCCCCC1.CC(=O)c1cccc([N+](=O)[O-])c1. The number of nitro benzene ring substituents is 1. The van der Waals surface area contributed by atoms with Gasteiger partial charge in [0.05, 0.1) is 4.92 Å². The topological polar surface area (TPSA) is 60.2 Å². The van der Waals surface area contributed by atoms with Crippen LogP contribution < -0.4 is 0 Å². The molecule has 1 fully saturated rings. The van der Waals surface area contributed by atoms with Crippen molar-refractivity contribution in [2.75, 3.05) is 0 Å². The van der Waals surface area contributed by atoms with Gasteiger partial charge in [0.25, 0.3) is 5.69 Å². The van der Waals surface area contributed by atoms with E-state index in [1.807, 2.05) is 0 Å². The van der Waals surface area contributed by atoms with Crippen LogP contribution in [-0.2, 0) is 0 Å². The van der Waals surface area contributed by atoms with Crippen molar-refractivity contribution in [3.05, 3.63) is 39.9 Å². The predicted molar refractivity (Wildman–Crippen MR) is 75.4 cm³/mol. The molecule has 4 heteroatoms. The Morgan fingerprint density at radius 1 is 1.05 bits per heavy atom. The summed E-state index contributed by atoms with van der Waals surface area (Å²) < 4.78 is 0. The largest absolute Gasteiger partial charge is 0.295 e. The van der Waals surface area contributed by atoms with Crippen molar-refractivity contribution < 1.29 is 9.72 Å². The first-order chi connectivity index (χ1) is 9.11. The number of hydrogen-bond donors (Lipinski definition) is 0. The molecule has 0 radical (unpaired) electrons. The Hall–Kier alpha value is -1.71. The molecular weight excluding hydrogens is 242 g/mol. The van der Waals surface area contributed by atoms with Gasteiger partial charge in [0.15, 0.2) is 5.78 Å². The number of Topliss-reactive ketones (excluding diaryl/α,β-unsaturated/α-hetero) is 1. The molecule has 0 saturated heterocycles. The minimum atomic E-state index is -0.521. The van der Waals surface area contributed by atoms with Crippen LogP contribution in [0.2, 0.25) is 0 Å². The van der Waals surface area contributed by atoms with E-state index in [-0.39, 0.29) is 11.5 Å². The molecule has 1 saturated carbocycles. The Morgan fingerprint density at radius 2 is 1.53 bits per heavy atom. The molecule has 0 heterocycles. The third-order valence-corrected chi connectivity index (χ3v) is 3.21. The van der Waals surface area contributed by atoms with Crippen molar-refractivity contribution in [2.45, 2.75) is 51.9 Å². The Balaban J connectivity index is 0.000000218. The molecule has 0 spiro atoms. The third kappa shape index (κ3) is 6.13.